The largest absolute Gasteiger partial charge is 0.494 e. The summed E-state index contributed by atoms with van der Waals surface area (Å²) in [6.07, 6.45) is 1.78. The second kappa shape index (κ2) is 10.2. The Hall–Kier alpha value is -2.82. The molecule has 0 aliphatic rings. The first-order chi connectivity index (χ1) is 12.6. The molecule has 5 nitrogen and oxygen atoms in total. The Morgan fingerprint density at radius 2 is 1.65 bits per heavy atom. The van der Waals surface area contributed by atoms with Crippen LogP contribution >= 0.6 is 0 Å². The number of rotatable bonds is 9. The molecule has 0 bridgehead atoms. The molecule has 0 saturated heterocycles. The number of esters is 1. The molecule has 0 aliphatic carbocycles. The number of hydrogen-bond donors (Lipinski definition) is 1. The molecule has 0 unspecified atom stereocenters. The van der Waals surface area contributed by atoms with Gasteiger partial charge in [-0.1, -0.05) is 24.6 Å². The molecule has 138 valence electrons. The van der Waals surface area contributed by atoms with Crippen molar-refractivity contribution in [2.24, 2.45) is 0 Å². The summed E-state index contributed by atoms with van der Waals surface area (Å²) in [4.78, 5) is 23.7. The third-order valence-electron chi connectivity index (χ3n) is 3.68. The molecule has 0 atom stereocenters. The van der Waals surface area contributed by atoms with Crippen molar-refractivity contribution in [3.8, 4) is 5.75 Å². The third-order valence-corrected chi connectivity index (χ3v) is 3.68. The summed E-state index contributed by atoms with van der Waals surface area (Å²) in [5.74, 6) is 0.373. The van der Waals surface area contributed by atoms with Gasteiger partial charge in [0.1, 0.15) is 5.75 Å². The first-order valence-electron chi connectivity index (χ1n) is 8.85. The quantitative estimate of drug-likeness (QED) is 0.536. The Bertz CT molecular complexity index is 708. The number of amides is 1. The lowest BCUT2D eigenvalue weighted by atomic mass is 10.2. The molecule has 26 heavy (non-hydrogen) atoms. The highest BCUT2D eigenvalue weighted by atomic mass is 16.5. The van der Waals surface area contributed by atoms with E-state index in [1.165, 1.54) is 5.56 Å². The van der Waals surface area contributed by atoms with Gasteiger partial charge in [0.2, 0.25) is 5.91 Å². The van der Waals surface area contributed by atoms with E-state index in [4.69, 9.17) is 9.47 Å². The minimum absolute atomic E-state index is 0.0844. The van der Waals surface area contributed by atoms with Gasteiger partial charge in [0.25, 0.3) is 0 Å². The lowest BCUT2D eigenvalue weighted by Gasteiger charge is -2.08. The molecule has 0 spiro atoms. The van der Waals surface area contributed by atoms with E-state index in [1.54, 1.807) is 24.3 Å². The third kappa shape index (κ3) is 6.59. The number of benzene rings is 2. The van der Waals surface area contributed by atoms with Crippen molar-refractivity contribution in [1.82, 2.24) is 0 Å². The SMILES string of the molecule is CCCOC(=O)c1ccc(NC(=O)CCCOc2ccc(C)cc2)cc1. The monoisotopic (exact) mass is 355 g/mol. The summed E-state index contributed by atoms with van der Waals surface area (Å²) in [7, 11) is 0. The van der Waals surface area contributed by atoms with Crippen LogP contribution < -0.4 is 10.1 Å². The molecule has 0 heterocycles. The van der Waals surface area contributed by atoms with Crippen LogP contribution in [0.1, 0.15) is 42.1 Å². The van der Waals surface area contributed by atoms with Gasteiger partial charge in [0.15, 0.2) is 0 Å². The van der Waals surface area contributed by atoms with Crippen LogP contribution in [0.3, 0.4) is 0 Å². The van der Waals surface area contributed by atoms with Crippen molar-refractivity contribution in [2.45, 2.75) is 33.1 Å². The maximum absolute atomic E-state index is 12.0. The number of carbonyl (C=O) groups excluding carboxylic acids is 2. The van der Waals surface area contributed by atoms with Gasteiger partial charge < -0.3 is 14.8 Å². The van der Waals surface area contributed by atoms with Gasteiger partial charge in [-0.15, -0.1) is 0 Å². The fourth-order valence-electron chi connectivity index (χ4n) is 2.25. The maximum Gasteiger partial charge on any atom is 0.338 e. The van der Waals surface area contributed by atoms with Crippen molar-refractivity contribution >= 4 is 17.6 Å². The van der Waals surface area contributed by atoms with Gasteiger partial charge in [-0.2, -0.15) is 0 Å². The van der Waals surface area contributed by atoms with Crippen molar-refractivity contribution in [2.75, 3.05) is 18.5 Å². The van der Waals surface area contributed by atoms with Gasteiger partial charge in [-0.05, 0) is 56.2 Å². The Labute approximate surface area is 154 Å². The molecule has 0 saturated carbocycles. The Morgan fingerprint density at radius 3 is 2.31 bits per heavy atom. The number of ether oxygens (including phenoxy) is 2. The molecule has 2 aromatic rings. The van der Waals surface area contributed by atoms with Gasteiger partial charge in [-0.25, -0.2) is 4.79 Å². The predicted octanol–water partition coefficient (Wildman–Crippen LogP) is 4.36. The van der Waals surface area contributed by atoms with E-state index >= 15 is 0 Å². The molecule has 0 aliphatic heterocycles. The average molecular weight is 355 g/mol. The summed E-state index contributed by atoms with van der Waals surface area (Å²) in [6, 6.07) is 14.5. The second-order valence-corrected chi connectivity index (χ2v) is 6.03. The van der Waals surface area contributed by atoms with E-state index < -0.39 is 0 Å². The van der Waals surface area contributed by atoms with Crippen LogP contribution in [0.4, 0.5) is 5.69 Å². The minimum atomic E-state index is -0.349. The standard InChI is InChI=1S/C21H25NO4/c1-3-14-26-21(24)17-8-10-18(11-9-17)22-20(23)5-4-15-25-19-12-6-16(2)7-13-19/h6-13H,3-5,14-15H2,1-2H3,(H,22,23). The topological polar surface area (TPSA) is 64.6 Å². The molecule has 1 N–H and O–H groups in total. The fourth-order valence-corrected chi connectivity index (χ4v) is 2.25. The van der Waals surface area contributed by atoms with Gasteiger partial charge in [-0.3, -0.25) is 4.79 Å². The molecule has 0 fully saturated rings. The highest BCUT2D eigenvalue weighted by Crippen LogP contribution is 2.13. The first kappa shape index (κ1) is 19.5. The van der Waals surface area contributed by atoms with Crippen LogP contribution in [0.5, 0.6) is 5.75 Å². The zero-order chi connectivity index (χ0) is 18.8. The predicted molar refractivity (Wildman–Crippen MR) is 102 cm³/mol. The van der Waals surface area contributed by atoms with E-state index in [0.29, 0.717) is 37.3 Å². The Morgan fingerprint density at radius 1 is 0.962 bits per heavy atom. The lowest BCUT2D eigenvalue weighted by Crippen LogP contribution is -2.13. The van der Waals surface area contributed by atoms with Crippen LogP contribution in [0.25, 0.3) is 0 Å². The molecule has 1 amide bonds. The molecular weight excluding hydrogens is 330 g/mol. The summed E-state index contributed by atoms with van der Waals surface area (Å²) >= 11 is 0. The first-order valence-corrected chi connectivity index (χ1v) is 8.85. The number of carbonyl (C=O) groups is 2. The van der Waals surface area contributed by atoms with E-state index in [-0.39, 0.29) is 11.9 Å². The number of nitrogens with one attached hydrogen (secondary N) is 1. The highest BCUT2D eigenvalue weighted by Gasteiger charge is 2.07. The van der Waals surface area contributed by atoms with Crippen molar-refractivity contribution in [3.63, 3.8) is 0 Å². The second-order valence-electron chi connectivity index (χ2n) is 6.03. The molecule has 2 rings (SSSR count). The van der Waals surface area contributed by atoms with E-state index in [9.17, 15) is 9.59 Å². The van der Waals surface area contributed by atoms with Crippen LogP contribution in [0.2, 0.25) is 0 Å². The lowest BCUT2D eigenvalue weighted by molar-refractivity contribution is -0.116. The van der Waals surface area contributed by atoms with E-state index in [1.807, 2.05) is 38.1 Å². The zero-order valence-electron chi connectivity index (χ0n) is 15.3. The van der Waals surface area contributed by atoms with E-state index in [0.717, 1.165) is 12.2 Å². The van der Waals surface area contributed by atoms with Crippen LogP contribution in [0, 0.1) is 6.92 Å². The minimum Gasteiger partial charge on any atom is -0.494 e. The van der Waals surface area contributed by atoms with Crippen LogP contribution in [0.15, 0.2) is 48.5 Å². The Kier molecular flexibility index (Phi) is 7.68. The van der Waals surface area contributed by atoms with Crippen LogP contribution in [-0.2, 0) is 9.53 Å². The van der Waals surface area contributed by atoms with Gasteiger partial charge >= 0.3 is 5.97 Å². The molecular formula is C21H25NO4. The van der Waals surface area contributed by atoms with Crippen LogP contribution in [-0.4, -0.2) is 25.1 Å². The van der Waals surface area contributed by atoms with Crippen molar-refractivity contribution < 1.29 is 19.1 Å². The molecule has 2 aromatic carbocycles. The fraction of sp³-hybridized carbons (Fsp3) is 0.333. The van der Waals surface area contributed by atoms with Gasteiger partial charge in [0.05, 0.1) is 18.8 Å². The number of aryl methyl sites for hydroxylation is 1. The highest BCUT2D eigenvalue weighted by molar-refractivity contribution is 5.93. The summed E-state index contributed by atoms with van der Waals surface area (Å²) in [5, 5.41) is 2.81. The van der Waals surface area contributed by atoms with Crippen molar-refractivity contribution in [1.29, 1.82) is 0 Å². The normalized spacial score (nSPS) is 10.2. The summed E-state index contributed by atoms with van der Waals surface area (Å²) in [6.45, 7) is 4.85. The van der Waals surface area contributed by atoms with Gasteiger partial charge in [0, 0.05) is 12.1 Å². The van der Waals surface area contributed by atoms with Crippen molar-refractivity contribution in [3.05, 3.63) is 59.7 Å². The molecule has 0 radical (unpaired) electrons. The average Bonchev–Trinajstić information content (AvgIpc) is 2.65. The summed E-state index contributed by atoms with van der Waals surface area (Å²) < 4.78 is 10.7. The molecule has 0 aromatic heterocycles. The smallest absolute Gasteiger partial charge is 0.338 e. The molecule has 5 heteroatoms. The zero-order valence-corrected chi connectivity index (χ0v) is 15.3. The summed E-state index contributed by atoms with van der Waals surface area (Å²) in [5.41, 5.74) is 2.31. The maximum atomic E-state index is 12.0. The van der Waals surface area contributed by atoms with E-state index in [2.05, 4.69) is 5.32 Å². The number of anilines is 1. The number of hydrogen-bond acceptors (Lipinski definition) is 4. The Balaban J connectivity index is 1.70.